The van der Waals surface area contributed by atoms with Crippen LogP contribution in [0.25, 0.3) is 0 Å². The highest BCUT2D eigenvalue weighted by atomic mass is 16.5. The molecule has 1 aliphatic heterocycles. The second kappa shape index (κ2) is 8.73. The predicted octanol–water partition coefficient (Wildman–Crippen LogP) is 2.65. The Morgan fingerprint density at radius 2 is 2.00 bits per heavy atom. The third-order valence-corrected chi connectivity index (χ3v) is 4.63. The van der Waals surface area contributed by atoms with Gasteiger partial charge in [0.05, 0.1) is 6.61 Å². The van der Waals surface area contributed by atoms with E-state index in [0.29, 0.717) is 23.7 Å². The van der Waals surface area contributed by atoms with Crippen LogP contribution in [0.4, 0.5) is 5.82 Å². The van der Waals surface area contributed by atoms with Crippen molar-refractivity contribution in [1.29, 1.82) is 0 Å². The highest BCUT2D eigenvalue weighted by Crippen LogP contribution is 2.21. The van der Waals surface area contributed by atoms with Gasteiger partial charge in [0.1, 0.15) is 17.1 Å². The number of anilines is 1. The van der Waals surface area contributed by atoms with Crippen molar-refractivity contribution in [1.82, 2.24) is 14.9 Å². The van der Waals surface area contributed by atoms with Crippen molar-refractivity contribution in [2.45, 2.75) is 19.8 Å². The molecular weight excluding hydrogens is 344 g/mol. The standard InChI is InChI=1S/C20H24N4O3/c1-3-27-20-15(6-5-11-21-20)19(26)23-17-8-4-7-16(22-17)18(25)14-9-12-24(2)13-10-14/h4-8,11,14H,3,9-10,12-13H2,1-2H3,(H,22,23,26). The zero-order valence-electron chi connectivity index (χ0n) is 15.6. The van der Waals surface area contributed by atoms with E-state index >= 15 is 0 Å². The molecule has 0 saturated carbocycles. The number of hydrogen-bond acceptors (Lipinski definition) is 6. The fourth-order valence-electron chi connectivity index (χ4n) is 3.12. The van der Waals surface area contributed by atoms with Crippen molar-refractivity contribution in [3.63, 3.8) is 0 Å². The fraction of sp³-hybridized carbons (Fsp3) is 0.400. The lowest BCUT2D eigenvalue weighted by Crippen LogP contribution is -2.33. The zero-order valence-corrected chi connectivity index (χ0v) is 15.6. The summed E-state index contributed by atoms with van der Waals surface area (Å²) < 4.78 is 5.40. The van der Waals surface area contributed by atoms with Crippen LogP contribution in [0.5, 0.6) is 5.88 Å². The number of Topliss-reactive ketones (excluding diaryl/α,β-unsaturated/α-hetero) is 1. The summed E-state index contributed by atoms with van der Waals surface area (Å²) in [6.45, 7) is 4.06. The van der Waals surface area contributed by atoms with Crippen LogP contribution < -0.4 is 10.1 Å². The third kappa shape index (κ3) is 4.68. The van der Waals surface area contributed by atoms with Gasteiger partial charge in [0, 0.05) is 12.1 Å². The minimum atomic E-state index is -0.372. The summed E-state index contributed by atoms with van der Waals surface area (Å²) >= 11 is 0. The summed E-state index contributed by atoms with van der Waals surface area (Å²) in [6, 6.07) is 8.41. The van der Waals surface area contributed by atoms with Crippen LogP contribution in [0.15, 0.2) is 36.5 Å². The van der Waals surface area contributed by atoms with E-state index in [1.807, 2.05) is 6.92 Å². The Hall–Kier alpha value is -2.80. The number of piperidine rings is 1. The van der Waals surface area contributed by atoms with Gasteiger partial charge < -0.3 is 15.0 Å². The number of hydrogen-bond donors (Lipinski definition) is 1. The van der Waals surface area contributed by atoms with Crippen LogP contribution in [0.2, 0.25) is 0 Å². The molecule has 7 heteroatoms. The van der Waals surface area contributed by atoms with Crippen molar-refractivity contribution in [2.24, 2.45) is 5.92 Å². The molecule has 142 valence electrons. The van der Waals surface area contributed by atoms with E-state index in [4.69, 9.17) is 4.74 Å². The maximum atomic E-state index is 12.7. The van der Waals surface area contributed by atoms with E-state index in [1.165, 1.54) is 0 Å². The molecule has 3 rings (SSSR count). The largest absolute Gasteiger partial charge is 0.477 e. The molecule has 0 atom stereocenters. The van der Waals surface area contributed by atoms with Gasteiger partial charge in [-0.05, 0) is 64.2 Å². The van der Waals surface area contributed by atoms with Gasteiger partial charge in [0.2, 0.25) is 5.88 Å². The molecule has 0 aliphatic carbocycles. The van der Waals surface area contributed by atoms with Gasteiger partial charge in [-0.3, -0.25) is 9.59 Å². The molecule has 27 heavy (non-hydrogen) atoms. The molecule has 0 spiro atoms. The van der Waals surface area contributed by atoms with Gasteiger partial charge in [-0.15, -0.1) is 0 Å². The monoisotopic (exact) mass is 368 g/mol. The van der Waals surface area contributed by atoms with Crippen molar-refractivity contribution in [3.05, 3.63) is 47.8 Å². The Bertz CT molecular complexity index is 816. The first-order chi connectivity index (χ1) is 13.1. The number of nitrogens with zero attached hydrogens (tertiary/aromatic N) is 3. The number of likely N-dealkylation sites (tertiary alicyclic amines) is 1. The normalized spacial score (nSPS) is 15.3. The maximum absolute atomic E-state index is 12.7. The number of nitrogens with one attached hydrogen (secondary N) is 1. The minimum Gasteiger partial charge on any atom is -0.477 e. The predicted molar refractivity (Wildman–Crippen MR) is 102 cm³/mol. The molecule has 2 aromatic heterocycles. The first-order valence-electron chi connectivity index (χ1n) is 9.17. The second-order valence-electron chi connectivity index (χ2n) is 6.59. The van der Waals surface area contributed by atoms with Crippen LogP contribution in [-0.4, -0.2) is 53.3 Å². The summed E-state index contributed by atoms with van der Waals surface area (Å²) in [4.78, 5) is 36.0. The lowest BCUT2D eigenvalue weighted by Gasteiger charge is -2.27. The topological polar surface area (TPSA) is 84.4 Å². The summed E-state index contributed by atoms with van der Waals surface area (Å²) in [5.74, 6) is 0.266. The first-order valence-corrected chi connectivity index (χ1v) is 9.17. The van der Waals surface area contributed by atoms with E-state index in [1.54, 1.807) is 36.5 Å². The molecule has 1 aliphatic rings. The van der Waals surface area contributed by atoms with Crippen molar-refractivity contribution < 1.29 is 14.3 Å². The number of ketones is 1. The molecule has 3 heterocycles. The number of pyridine rings is 2. The fourth-order valence-corrected chi connectivity index (χ4v) is 3.12. The second-order valence-corrected chi connectivity index (χ2v) is 6.59. The number of carbonyl (C=O) groups is 2. The smallest absolute Gasteiger partial charge is 0.262 e. The Balaban J connectivity index is 1.72. The number of rotatable bonds is 6. The summed E-state index contributed by atoms with van der Waals surface area (Å²) in [5, 5.41) is 2.73. The van der Waals surface area contributed by atoms with Gasteiger partial charge in [-0.25, -0.2) is 9.97 Å². The van der Waals surface area contributed by atoms with Gasteiger partial charge in [0.15, 0.2) is 5.78 Å². The number of ether oxygens (including phenoxy) is 1. The highest BCUT2D eigenvalue weighted by Gasteiger charge is 2.25. The number of aromatic nitrogens is 2. The maximum Gasteiger partial charge on any atom is 0.262 e. The molecule has 1 fully saturated rings. The van der Waals surface area contributed by atoms with E-state index in [0.717, 1.165) is 25.9 Å². The van der Waals surface area contributed by atoms with E-state index in [2.05, 4.69) is 27.2 Å². The van der Waals surface area contributed by atoms with E-state index < -0.39 is 0 Å². The Morgan fingerprint density at radius 3 is 2.74 bits per heavy atom. The van der Waals surface area contributed by atoms with Gasteiger partial charge >= 0.3 is 0 Å². The third-order valence-electron chi connectivity index (χ3n) is 4.63. The van der Waals surface area contributed by atoms with Crippen molar-refractivity contribution in [3.8, 4) is 5.88 Å². The average Bonchev–Trinajstić information content (AvgIpc) is 2.69. The Kier molecular flexibility index (Phi) is 6.13. The molecular formula is C20H24N4O3. The zero-order chi connectivity index (χ0) is 19.2. The Labute approximate surface area is 158 Å². The molecule has 0 bridgehead atoms. The summed E-state index contributed by atoms with van der Waals surface area (Å²) in [6.07, 6.45) is 3.24. The van der Waals surface area contributed by atoms with E-state index in [-0.39, 0.29) is 23.5 Å². The lowest BCUT2D eigenvalue weighted by atomic mass is 9.91. The molecule has 2 aromatic rings. The van der Waals surface area contributed by atoms with Crippen LogP contribution in [0.3, 0.4) is 0 Å². The van der Waals surface area contributed by atoms with Crippen LogP contribution in [0.1, 0.15) is 40.6 Å². The minimum absolute atomic E-state index is 0.0115. The summed E-state index contributed by atoms with van der Waals surface area (Å²) in [5.41, 5.74) is 0.715. The van der Waals surface area contributed by atoms with Crippen LogP contribution in [0, 0.1) is 5.92 Å². The SMILES string of the molecule is CCOc1ncccc1C(=O)Nc1cccc(C(=O)C2CCN(C)CC2)n1. The van der Waals surface area contributed by atoms with E-state index in [9.17, 15) is 9.59 Å². The molecule has 1 N–H and O–H groups in total. The van der Waals surface area contributed by atoms with Crippen LogP contribution >= 0.6 is 0 Å². The number of carbonyl (C=O) groups excluding carboxylic acids is 2. The van der Waals surface area contributed by atoms with Crippen molar-refractivity contribution >= 4 is 17.5 Å². The van der Waals surface area contributed by atoms with Gasteiger partial charge in [-0.2, -0.15) is 0 Å². The molecule has 7 nitrogen and oxygen atoms in total. The van der Waals surface area contributed by atoms with Crippen LogP contribution in [-0.2, 0) is 0 Å². The van der Waals surface area contributed by atoms with Gasteiger partial charge in [0.25, 0.3) is 5.91 Å². The lowest BCUT2D eigenvalue weighted by molar-refractivity contribution is 0.0851. The first kappa shape index (κ1) is 19.0. The average molecular weight is 368 g/mol. The quantitative estimate of drug-likeness (QED) is 0.789. The number of amides is 1. The molecule has 1 amide bonds. The highest BCUT2D eigenvalue weighted by molar-refractivity contribution is 6.05. The molecule has 1 saturated heterocycles. The molecule has 0 radical (unpaired) electrons. The Morgan fingerprint density at radius 1 is 1.22 bits per heavy atom. The molecule has 0 unspecified atom stereocenters. The van der Waals surface area contributed by atoms with Gasteiger partial charge in [-0.1, -0.05) is 6.07 Å². The summed E-state index contributed by atoms with van der Waals surface area (Å²) in [7, 11) is 2.06. The molecule has 0 aromatic carbocycles. The van der Waals surface area contributed by atoms with Crippen molar-refractivity contribution in [2.75, 3.05) is 32.1 Å².